The zero-order valence-corrected chi connectivity index (χ0v) is 13.9. The monoisotopic (exact) mass is 303 g/mol. The van der Waals surface area contributed by atoms with Crippen LogP contribution in [0.15, 0.2) is 12.2 Å². The predicted octanol–water partition coefficient (Wildman–Crippen LogP) is 4.63. The first kappa shape index (κ1) is 17.3. The first-order chi connectivity index (χ1) is 9.39. The average molecular weight is 304 g/mol. The summed E-state index contributed by atoms with van der Waals surface area (Å²) < 4.78 is 4.91. The Kier molecular flexibility index (Phi) is 5.90. The van der Waals surface area contributed by atoms with Gasteiger partial charge in [-0.3, -0.25) is 0 Å². The third-order valence-electron chi connectivity index (χ3n) is 4.39. The number of carbonyl (C=O) groups is 1. The minimum atomic E-state index is -0.742. The van der Waals surface area contributed by atoms with Gasteiger partial charge in [-0.15, -0.1) is 5.06 Å². The van der Waals surface area contributed by atoms with Gasteiger partial charge in [0.05, 0.1) is 11.1 Å². The summed E-state index contributed by atoms with van der Waals surface area (Å²) >= 11 is 5.68. The second-order valence-corrected chi connectivity index (χ2v) is 5.87. The van der Waals surface area contributed by atoms with Crippen molar-refractivity contribution in [3.63, 3.8) is 0 Å². The fraction of sp³-hybridized carbons (Fsp3) is 0.800. The van der Waals surface area contributed by atoms with Crippen LogP contribution in [0.25, 0.3) is 0 Å². The Morgan fingerprint density at radius 2 is 1.50 bits per heavy atom. The maximum atomic E-state index is 11.9. The van der Waals surface area contributed by atoms with Gasteiger partial charge in [-0.25, -0.2) is 4.79 Å². The fourth-order valence-corrected chi connectivity index (χ4v) is 2.92. The van der Waals surface area contributed by atoms with Gasteiger partial charge in [0.25, 0.3) is 0 Å². The maximum Gasteiger partial charge on any atom is 0.529 e. The highest BCUT2D eigenvalue weighted by atomic mass is 35.5. The molecule has 1 aliphatic heterocycles. The third-order valence-corrected chi connectivity index (χ3v) is 4.48. The topological polar surface area (TPSA) is 38.8 Å². The molecule has 1 atom stereocenters. The van der Waals surface area contributed by atoms with Crippen molar-refractivity contribution < 1.29 is 14.4 Å². The van der Waals surface area contributed by atoms with Gasteiger partial charge in [0.1, 0.15) is 0 Å². The van der Waals surface area contributed by atoms with E-state index in [0.717, 1.165) is 25.7 Å². The van der Waals surface area contributed by atoms with E-state index in [0.29, 0.717) is 0 Å². The smallest absolute Gasteiger partial charge is 0.414 e. The third kappa shape index (κ3) is 3.12. The SMILES string of the molecule is CCC1(CC)C=CC(CC)(CC)N1OC(=O)OC(C)Cl. The normalized spacial score (nSPS) is 21.7. The van der Waals surface area contributed by atoms with E-state index < -0.39 is 11.7 Å². The summed E-state index contributed by atoms with van der Waals surface area (Å²) in [5, 5.41) is 1.82. The lowest BCUT2D eigenvalue weighted by Crippen LogP contribution is -2.55. The van der Waals surface area contributed by atoms with Crippen molar-refractivity contribution >= 4 is 17.8 Å². The van der Waals surface area contributed by atoms with Gasteiger partial charge >= 0.3 is 6.16 Å². The Hall–Kier alpha value is -0.740. The highest BCUT2D eigenvalue weighted by molar-refractivity contribution is 6.19. The van der Waals surface area contributed by atoms with Crippen LogP contribution in [0.4, 0.5) is 4.79 Å². The molecular formula is C15H26ClNO3. The molecule has 0 aliphatic carbocycles. The van der Waals surface area contributed by atoms with Crippen LogP contribution in [0.2, 0.25) is 0 Å². The lowest BCUT2D eigenvalue weighted by Gasteiger charge is -2.43. The quantitative estimate of drug-likeness (QED) is 0.407. The number of carbonyl (C=O) groups excluding carboxylic acids is 1. The van der Waals surface area contributed by atoms with Gasteiger partial charge in [0.15, 0.2) is 5.56 Å². The first-order valence-corrected chi connectivity index (χ1v) is 7.86. The van der Waals surface area contributed by atoms with Crippen LogP contribution in [0.3, 0.4) is 0 Å². The van der Waals surface area contributed by atoms with Crippen LogP contribution in [-0.2, 0) is 9.57 Å². The highest BCUT2D eigenvalue weighted by Crippen LogP contribution is 2.43. The Labute approximate surface area is 127 Å². The Balaban J connectivity index is 3.02. The molecule has 4 nitrogen and oxygen atoms in total. The largest absolute Gasteiger partial charge is 0.529 e. The summed E-state index contributed by atoms with van der Waals surface area (Å²) in [4.78, 5) is 17.4. The van der Waals surface area contributed by atoms with E-state index in [1.54, 1.807) is 6.92 Å². The Bertz CT molecular complexity index is 338. The van der Waals surface area contributed by atoms with E-state index in [2.05, 4.69) is 39.8 Å². The molecule has 20 heavy (non-hydrogen) atoms. The highest BCUT2D eigenvalue weighted by Gasteiger charge is 2.50. The summed E-state index contributed by atoms with van der Waals surface area (Å²) in [7, 11) is 0. The Morgan fingerprint density at radius 1 is 1.10 bits per heavy atom. The van der Waals surface area contributed by atoms with Crippen molar-refractivity contribution in [3.8, 4) is 0 Å². The van der Waals surface area contributed by atoms with Gasteiger partial charge in [-0.2, -0.15) is 0 Å². The van der Waals surface area contributed by atoms with Crippen LogP contribution in [-0.4, -0.2) is 27.9 Å². The standard InChI is InChI=1S/C15H26ClNO3/c1-6-14(7-2)10-11-15(8-3,9-4)17(14)20-13(18)19-12(5)16/h10-12H,6-9H2,1-5H3. The zero-order valence-electron chi connectivity index (χ0n) is 13.1. The van der Waals surface area contributed by atoms with Crippen molar-refractivity contribution in [1.82, 2.24) is 5.06 Å². The minimum Gasteiger partial charge on any atom is -0.414 e. The number of nitrogens with zero attached hydrogens (tertiary/aromatic N) is 1. The molecule has 116 valence electrons. The van der Waals surface area contributed by atoms with Crippen LogP contribution >= 0.6 is 11.6 Å². The fourth-order valence-electron chi connectivity index (χ4n) is 2.85. The minimum absolute atomic E-state index is 0.263. The lowest BCUT2D eigenvalue weighted by atomic mass is 9.91. The molecule has 0 fully saturated rings. The number of ether oxygens (including phenoxy) is 1. The van der Waals surface area contributed by atoms with Crippen molar-refractivity contribution in [3.05, 3.63) is 12.2 Å². The van der Waals surface area contributed by atoms with Gasteiger partial charge in [0.2, 0.25) is 0 Å². The van der Waals surface area contributed by atoms with Crippen LogP contribution < -0.4 is 0 Å². The number of halogens is 1. The number of hydroxylamine groups is 2. The average Bonchev–Trinajstić information content (AvgIpc) is 2.73. The molecule has 0 N–H and O–H groups in total. The van der Waals surface area contributed by atoms with E-state index in [9.17, 15) is 4.79 Å². The number of hydrogen-bond donors (Lipinski definition) is 0. The van der Waals surface area contributed by atoms with Crippen molar-refractivity contribution in [2.75, 3.05) is 0 Å². The molecular weight excluding hydrogens is 278 g/mol. The molecule has 1 rings (SSSR count). The molecule has 0 amide bonds. The summed E-state index contributed by atoms with van der Waals surface area (Å²) in [5.74, 6) is 0. The van der Waals surface area contributed by atoms with Crippen molar-refractivity contribution in [2.45, 2.75) is 76.9 Å². The first-order valence-electron chi connectivity index (χ1n) is 7.43. The van der Waals surface area contributed by atoms with Gasteiger partial charge in [-0.05, 0) is 32.6 Å². The lowest BCUT2D eigenvalue weighted by molar-refractivity contribution is -0.221. The number of rotatable bonds is 6. The molecule has 0 saturated carbocycles. The number of hydrogen-bond acceptors (Lipinski definition) is 4. The molecule has 0 aromatic carbocycles. The second kappa shape index (κ2) is 6.81. The van der Waals surface area contributed by atoms with E-state index in [4.69, 9.17) is 21.2 Å². The molecule has 1 heterocycles. The zero-order chi connectivity index (χ0) is 15.4. The molecule has 0 saturated heterocycles. The summed E-state index contributed by atoms with van der Waals surface area (Å²) in [5.41, 5.74) is -1.23. The molecule has 1 aliphatic rings. The van der Waals surface area contributed by atoms with Crippen LogP contribution in [0.5, 0.6) is 0 Å². The van der Waals surface area contributed by atoms with E-state index >= 15 is 0 Å². The van der Waals surface area contributed by atoms with E-state index in [-0.39, 0.29) is 11.1 Å². The van der Waals surface area contributed by atoms with Gasteiger partial charge in [-0.1, -0.05) is 51.4 Å². The van der Waals surface area contributed by atoms with Crippen molar-refractivity contribution in [1.29, 1.82) is 0 Å². The molecule has 0 aromatic heterocycles. The van der Waals surface area contributed by atoms with Crippen molar-refractivity contribution in [2.24, 2.45) is 0 Å². The number of alkyl halides is 1. The molecule has 5 heteroatoms. The van der Waals surface area contributed by atoms with Crippen LogP contribution in [0.1, 0.15) is 60.3 Å². The molecule has 1 unspecified atom stereocenters. The molecule has 0 bridgehead atoms. The maximum absolute atomic E-state index is 11.9. The van der Waals surface area contributed by atoms with E-state index in [1.165, 1.54) is 0 Å². The van der Waals surface area contributed by atoms with Gasteiger partial charge < -0.3 is 9.57 Å². The summed E-state index contributed by atoms with van der Waals surface area (Å²) in [6.07, 6.45) is 7.05. The predicted molar refractivity (Wildman–Crippen MR) is 80.5 cm³/mol. The molecule has 0 spiro atoms. The van der Waals surface area contributed by atoms with E-state index in [1.807, 2.05) is 5.06 Å². The molecule has 0 radical (unpaired) electrons. The second-order valence-electron chi connectivity index (χ2n) is 5.25. The molecule has 0 aromatic rings. The Morgan fingerprint density at radius 3 is 1.80 bits per heavy atom. The summed E-state index contributed by atoms with van der Waals surface area (Å²) in [6, 6.07) is 0. The van der Waals surface area contributed by atoms with Crippen LogP contribution in [0, 0.1) is 0 Å². The summed E-state index contributed by atoms with van der Waals surface area (Å²) in [6.45, 7) is 9.98. The van der Waals surface area contributed by atoms with Gasteiger partial charge in [0, 0.05) is 0 Å².